The smallest absolute Gasteiger partial charge is 0.261 e. The summed E-state index contributed by atoms with van der Waals surface area (Å²) in [7, 11) is 2.76. The highest BCUT2D eigenvalue weighted by molar-refractivity contribution is 6.21. The number of rotatable bonds is 7. The monoisotopic (exact) mass is 574 g/mol. The van der Waals surface area contributed by atoms with Crippen molar-refractivity contribution in [2.75, 3.05) is 14.2 Å². The van der Waals surface area contributed by atoms with Crippen LogP contribution in [0.2, 0.25) is 0 Å². The second-order valence-corrected chi connectivity index (χ2v) is 8.80. The Morgan fingerprint density at radius 1 is 0.738 bits per heavy atom. The Bertz CT molecular complexity index is 1710. The van der Waals surface area contributed by atoms with E-state index in [4.69, 9.17) is 15.2 Å². The summed E-state index contributed by atoms with van der Waals surface area (Å²) in [6, 6.07) is 12.8. The minimum Gasteiger partial charge on any atom is -0.494 e. The van der Waals surface area contributed by atoms with E-state index in [1.807, 2.05) is 0 Å². The van der Waals surface area contributed by atoms with Gasteiger partial charge in [-0.1, -0.05) is 22.6 Å². The Morgan fingerprint density at radius 2 is 1.21 bits per heavy atom. The number of carbonyl (C=O) groups excluding carboxylic acids is 2. The van der Waals surface area contributed by atoms with Crippen LogP contribution in [-0.4, -0.2) is 60.9 Å². The molecule has 2 amide bonds. The van der Waals surface area contributed by atoms with Crippen molar-refractivity contribution < 1.29 is 27.8 Å². The van der Waals surface area contributed by atoms with Crippen LogP contribution in [-0.2, 0) is 13.1 Å². The molecule has 3 heterocycles. The number of fused-ring (bicyclic) bond motifs is 1. The second kappa shape index (κ2) is 11.9. The van der Waals surface area contributed by atoms with Crippen LogP contribution in [0.25, 0.3) is 11.4 Å². The summed E-state index contributed by atoms with van der Waals surface area (Å²) in [6.07, 6.45) is 6.14. The zero-order valence-corrected chi connectivity index (χ0v) is 22.4. The summed E-state index contributed by atoms with van der Waals surface area (Å²) >= 11 is 0. The Morgan fingerprint density at radius 3 is 1.64 bits per heavy atom. The largest absolute Gasteiger partial charge is 0.494 e. The Kier molecular flexibility index (Phi) is 7.97. The lowest BCUT2D eigenvalue weighted by atomic mass is 10.1. The minimum atomic E-state index is -0.656. The van der Waals surface area contributed by atoms with Gasteiger partial charge in [-0.25, -0.2) is 18.1 Å². The Hall–Kier alpha value is -5.50. The van der Waals surface area contributed by atoms with Crippen molar-refractivity contribution in [1.29, 1.82) is 0 Å². The molecule has 5 aromatic rings. The van der Waals surface area contributed by atoms with Crippen molar-refractivity contribution in [3.63, 3.8) is 0 Å². The van der Waals surface area contributed by atoms with E-state index in [-0.39, 0.29) is 30.2 Å². The molecule has 214 valence electrons. The lowest BCUT2D eigenvalue weighted by Crippen LogP contribution is -2.30. The van der Waals surface area contributed by atoms with Crippen molar-refractivity contribution in [1.82, 2.24) is 34.9 Å². The SMILES string of the molecule is COc1ccc(-n2ccnn2)c(CN)c1F.COc1ccc(-n2ccnn2)c(CN2C(=O)c3ccccc3C2=O)c1F. The van der Waals surface area contributed by atoms with E-state index in [1.165, 1.54) is 48.1 Å². The van der Waals surface area contributed by atoms with Gasteiger partial charge >= 0.3 is 0 Å². The first-order valence-corrected chi connectivity index (χ1v) is 12.5. The third kappa shape index (κ3) is 5.06. The van der Waals surface area contributed by atoms with E-state index in [0.717, 1.165) is 4.90 Å². The van der Waals surface area contributed by atoms with Gasteiger partial charge < -0.3 is 15.2 Å². The zero-order chi connectivity index (χ0) is 29.8. The number of nitrogens with zero attached hydrogens (tertiary/aromatic N) is 7. The van der Waals surface area contributed by atoms with Gasteiger partial charge in [0.2, 0.25) is 0 Å². The van der Waals surface area contributed by atoms with Gasteiger partial charge in [-0.05, 0) is 36.4 Å². The molecule has 0 fully saturated rings. The molecule has 42 heavy (non-hydrogen) atoms. The van der Waals surface area contributed by atoms with E-state index in [1.54, 1.807) is 48.8 Å². The molecule has 0 saturated carbocycles. The number of nitrogens with two attached hydrogens (primary N) is 1. The van der Waals surface area contributed by atoms with Gasteiger partial charge in [-0.2, -0.15) is 0 Å². The van der Waals surface area contributed by atoms with Crippen LogP contribution in [0.1, 0.15) is 31.8 Å². The van der Waals surface area contributed by atoms with Crippen molar-refractivity contribution in [3.8, 4) is 22.9 Å². The van der Waals surface area contributed by atoms with Crippen molar-refractivity contribution in [2.24, 2.45) is 5.73 Å². The molecular formula is C28H24F2N8O4. The van der Waals surface area contributed by atoms with Crippen LogP contribution in [0.15, 0.2) is 73.3 Å². The molecule has 1 aliphatic heterocycles. The molecule has 3 aromatic carbocycles. The fraction of sp³-hybridized carbons (Fsp3) is 0.143. The average Bonchev–Trinajstić information content (AvgIpc) is 3.79. The van der Waals surface area contributed by atoms with Crippen molar-refractivity contribution in [2.45, 2.75) is 13.1 Å². The van der Waals surface area contributed by atoms with Crippen LogP contribution in [0.3, 0.4) is 0 Å². The van der Waals surface area contributed by atoms with E-state index >= 15 is 0 Å². The summed E-state index contributed by atoms with van der Waals surface area (Å²) in [5, 5.41) is 15.0. The molecule has 0 saturated heterocycles. The first-order valence-electron chi connectivity index (χ1n) is 12.5. The average molecular weight is 575 g/mol. The lowest BCUT2D eigenvalue weighted by Gasteiger charge is -2.18. The molecule has 0 unspecified atom stereocenters. The maximum absolute atomic E-state index is 14.9. The highest BCUT2D eigenvalue weighted by atomic mass is 19.1. The normalized spacial score (nSPS) is 12.2. The highest BCUT2D eigenvalue weighted by Crippen LogP contribution is 2.31. The molecule has 0 spiro atoms. The molecule has 2 N–H and O–H groups in total. The van der Waals surface area contributed by atoms with Crippen molar-refractivity contribution in [3.05, 3.63) is 107 Å². The molecule has 12 nitrogen and oxygen atoms in total. The fourth-order valence-corrected chi connectivity index (χ4v) is 4.48. The van der Waals surface area contributed by atoms with Gasteiger partial charge in [0.05, 0.1) is 68.1 Å². The molecule has 6 rings (SSSR count). The number of hydrogen-bond donors (Lipinski definition) is 1. The van der Waals surface area contributed by atoms with E-state index in [9.17, 15) is 18.4 Å². The topological polar surface area (TPSA) is 143 Å². The third-order valence-corrected chi connectivity index (χ3v) is 6.54. The van der Waals surface area contributed by atoms with Gasteiger partial charge in [-0.15, -0.1) is 10.2 Å². The molecule has 2 aromatic heterocycles. The van der Waals surface area contributed by atoms with Crippen LogP contribution >= 0.6 is 0 Å². The number of methoxy groups -OCH3 is 2. The van der Waals surface area contributed by atoms with Gasteiger partial charge in [0.25, 0.3) is 11.8 Å². The number of aromatic nitrogens is 6. The summed E-state index contributed by atoms with van der Waals surface area (Å²) in [4.78, 5) is 26.2. The third-order valence-electron chi connectivity index (χ3n) is 6.54. The number of imide groups is 1. The number of carbonyl (C=O) groups is 2. The quantitative estimate of drug-likeness (QED) is 0.290. The molecule has 0 aliphatic carbocycles. The maximum atomic E-state index is 14.9. The molecule has 14 heteroatoms. The fourth-order valence-electron chi connectivity index (χ4n) is 4.48. The predicted octanol–water partition coefficient (Wildman–Crippen LogP) is 3.08. The number of halogens is 2. The second-order valence-electron chi connectivity index (χ2n) is 8.80. The van der Waals surface area contributed by atoms with Crippen LogP contribution < -0.4 is 15.2 Å². The summed E-state index contributed by atoms with van der Waals surface area (Å²) in [5.41, 5.74) is 7.55. The molecular weight excluding hydrogens is 550 g/mol. The van der Waals surface area contributed by atoms with Gasteiger partial charge in [0, 0.05) is 17.7 Å². The van der Waals surface area contributed by atoms with E-state index < -0.39 is 23.4 Å². The van der Waals surface area contributed by atoms with Gasteiger partial charge in [0.1, 0.15) is 0 Å². The first kappa shape index (κ1) is 28.0. The number of hydrogen-bond acceptors (Lipinski definition) is 9. The Balaban J connectivity index is 0.000000189. The molecule has 0 bridgehead atoms. The van der Waals surface area contributed by atoms with Crippen molar-refractivity contribution >= 4 is 11.8 Å². The standard InChI is InChI=1S/C18H13FN4O3.C10H11FN4O/c1-26-15-7-6-14(23-9-8-20-21-23)13(16(15)19)10-22-17(24)11-4-2-3-5-12(11)18(22)25;1-16-9-3-2-8(7(6-12)10(9)11)15-5-4-13-14-15/h2-9H,10H2,1H3;2-5H,6,12H2,1H3. The van der Waals surface area contributed by atoms with Crippen LogP contribution in [0.4, 0.5) is 8.78 Å². The molecule has 1 aliphatic rings. The Labute approximate surface area is 237 Å². The maximum Gasteiger partial charge on any atom is 0.261 e. The number of amides is 2. The summed E-state index contributed by atoms with van der Waals surface area (Å²) < 4.78 is 41.5. The molecule has 0 radical (unpaired) electrons. The highest BCUT2D eigenvalue weighted by Gasteiger charge is 2.36. The van der Waals surface area contributed by atoms with Crippen LogP contribution in [0, 0.1) is 11.6 Å². The van der Waals surface area contributed by atoms with Crippen LogP contribution in [0.5, 0.6) is 11.5 Å². The predicted molar refractivity (Wildman–Crippen MR) is 144 cm³/mol. The van der Waals surface area contributed by atoms with E-state index in [2.05, 4.69) is 20.6 Å². The minimum absolute atomic E-state index is 0.0143. The molecule has 0 atom stereocenters. The summed E-state index contributed by atoms with van der Waals surface area (Å²) in [6.45, 7) is -0.178. The van der Waals surface area contributed by atoms with Gasteiger partial charge in [0.15, 0.2) is 23.1 Å². The number of benzene rings is 3. The summed E-state index contributed by atoms with van der Waals surface area (Å²) in [5.74, 6) is -1.85. The van der Waals surface area contributed by atoms with E-state index in [0.29, 0.717) is 28.1 Å². The number of ether oxygens (including phenoxy) is 2. The lowest BCUT2D eigenvalue weighted by molar-refractivity contribution is 0.0640. The first-order chi connectivity index (χ1) is 20.4. The van der Waals surface area contributed by atoms with Gasteiger partial charge in [-0.3, -0.25) is 14.5 Å². The zero-order valence-electron chi connectivity index (χ0n) is 22.4.